The molecule has 1 N–H and O–H groups in total. The highest BCUT2D eigenvalue weighted by Crippen LogP contribution is 2.21. The standard InChI is InChI=1S/C12H18F3N3O/c1-3-16-7-10-8-17-11(18-9(10)2)19-6-4-5-12(13,14)15/h8,16H,3-7H2,1-2H3. The molecule has 0 saturated carbocycles. The Morgan fingerprint density at radius 1 is 1.37 bits per heavy atom. The molecule has 0 spiro atoms. The molecule has 0 radical (unpaired) electrons. The summed E-state index contributed by atoms with van der Waals surface area (Å²) in [4.78, 5) is 8.08. The fourth-order valence-corrected chi connectivity index (χ4v) is 1.41. The molecular formula is C12H18F3N3O. The van der Waals surface area contributed by atoms with E-state index in [9.17, 15) is 13.2 Å². The second-order valence-corrected chi connectivity index (χ2v) is 4.11. The Balaban J connectivity index is 2.41. The van der Waals surface area contributed by atoms with Gasteiger partial charge in [-0.05, 0) is 19.9 Å². The van der Waals surface area contributed by atoms with Crippen LogP contribution in [0.4, 0.5) is 13.2 Å². The van der Waals surface area contributed by atoms with E-state index in [4.69, 9.17) is 4.74 Å². The van der Waals surface area contributed by atoms with E-state index in [0.717, 1.165) is 17.8 Å². The van der Waals surface area contributed by atoms with Gasteiger partial charge in [-0.3, -0.25) is 0 Å². The van der Waals surface area contributed by atoms with E-state index in [1.807, 2.05) is 13.8 Å². The van der Waals surface area contributed by atoms with E-state index < -0.39 is 12.6 Å². The quantitative estimate of drug-likeness (QED) is 0.778. The first-order chi connectivity index (χ1) is 8.92. The first-order valence-corrected chi connectivity index (χ1v) is 6.15. The Labute approximate surface area is 110 Å². The molecule has 0 fully saturated rings. The number of nitrogens with zero attached hydrogens (tertiary/aromatic N) is 2. The van der Waals surface area contributed by atoms with Gasteiger partial charge >= 0.3 is 12.2 Å². The second kappa shape index (κ2) is 7.28. The zero-order valence-corrected chi connectivity index (χ0v) is 11.0. The zero-order chi connectivity index (χ0) is 14.3. The average Bonchev–Trinajstić information content (AvgIpc) is 2.32. The predicted octanol–water partition coefficient (Wildman–Crippen LogP) is 2.62. The van der Waals surface area contributed by atoms with E-state index in [2.05, 4.69) is 15.3 Å². The van der Waals surface area contributed by atoms with Crippen molar-refractivity contribution in [2.75, 3.05) is 13.2 Å². The minimum Gasteiger partial charge on any atom is -0.463 e. The number of hydrogen-bond donors (Lipinski definition) is 1. The molecule has 0 aliphatic carbocycles. The first kappa shape index (κ1) is 15.7. The summed E-state index contributed by atoms with van der Waals surface area (Å²) in [5.74, 6) is 0. The molecule has 0 bridgehead atoms. The molecule has 0 aliphatic rings. The lowest BCUT2D eigenvalue weighted by Gasteiger charge is -2.09. The van der Waals surface area contributed by atoms with Crippen molar-refractivity contribution in [2.45, 2.75) is 39.4 Å². The van der Waals surface area contributed by atoms with Gasteiger partial charge in [-0.2, -0.15) is 13.2 Å². The van der Waals surface area contributed by atoms with Gasteiger partial charge in [0.25, 0.3) is 0 Å². The van der Waals surface area contributed by atoms with Crippen molar-refractivity contribution in [3.8, 4) is 6.01 Å². The molecule has 4 nitrogen and oxygen atoms in total. The molecule has 0 aliphatic heterocycles. The van der Waals surface area contributed by atoms with Crippen molar-refractivity contribution >= 4 is 0 Å². The van der Waals surface area contributed by atoms with Crippen LogP contribution in [0.1, 0.15) is 31.0 Å². The molecule has 0 amide bonds. The van der Waals surface area contributed by atoms with Crippen molar-refractivity contribution in [1.29, 1.82) is 0 Å². The van der Waals surface area contributed by atoms with Crippen LogP contribution in [0.25, 0.3) is 0 Å². The lowest BCUT2D eigenvalue weighted by atomic mass is 10.2. The van der Waals surface area contributed by atoms with E-state index in [1.54, 1.807) is 6.20 Å². The van der Waals surface area contributed by atoms with Gasteiger partial charge in [-0.15, -0.1) is 0 Å². The number of aryl methyl sites for hydroxylation is 1. The average molecular weight is 277 g/mol. The SMILES string of the molecule is CCNCc1cnc(OCCCC(F)(F)F)nc1C. The maximum absolute atomic E-state index is 11.9. The number of aromatic nitrogens is 2. The third kappa shape index (κ3) is 6.37. The van der Waals surface area contributed by atoms with Crippen LogP contribution in [-0.2, 0) is 6.54 Å². The minimum atomic E-state index is -4.14. The highest BCUT2D eigenvalue weighted by molar-refractivity contribution is 5.17. The molecule has 7 heteroatoms. The van der Waals surface area contributed by atoms with E-state index >= 15 is 0 Å². The predicted molar refractivity (Wildman–Crippen MR) is 64.9 cm³/mol. The number of rotatable bonds is 7. The second-order valence-electron chi connectivity index (χ2n) is 4.11. The van der Waals surface area contributed by atoms with Crippen LogP contribution < -0.4 is 10.1 Å². The van der Waals surface area contributed by atoms with Crippen molar-refractivity contribution < 1.29 is 17.9 Å². The number of alkyl halides is 3. The van der Waals surface area contributed by atoms with Crippen molar-refractivity contribution in [1.82, 2.24) is 15.3 Å². The van der Waals surface area contributed by atoms with Crippen LogP contribution in [0, 0.1) is 6.92 Å². The monoisotopic (exact) mass is 277 g/mol. The van der Waals surface area contributed by atoms with Gasteiger partial charge in [-0.25, -0.2) is 9.97 Å². The van der Waals surface area contributed by atoms with E-state index in [0.29, 0.717) is 6.54 Å². The molecule has 0 atom stereocenters. The van der Waals surface area contributed by atoms with Gasteiger partial charge < -0.3 is 10.1 Å². The largest absolute Gasteiger partial charge is 0.463 e. The molecular weight excluding hydrogens is 259 g/mol. The molecule has 1 heterocycles. The zero-order valence-electron chi connectivity index (χ0n) is 11.0. The van der Waals surface area contributed by atoms with Crippen LogP contribution in [0.3, 0.4) is 0 Å². The summed E-state index contributed by atoms with van der Waals surface area (Å²) in [5, 5.41) is 3.15. The molecule has 1 rings (SSSR count). The Morgan fingerprint density at radius 3 is 2.68 bits per heavy atom. The smallest absolute Gasteiger partial charge is 0.389 e. The maximum Gasteiger partial charge on any atom is 0.389 e. The van der Waals surface area contributed by atoms with Gasteiger partial charge in [0.15, 0.2) is 0 Å². The molecule has 1 aromatic rings. The Morgan fingerprint density at radius 2 is 2.11 bits per heavy atom. The molecule has 19 heavy (non-hydrogen) atoms. The highest BCUT2D eigenvalue weighted by Gasteiger charge is 2.26. The fourth-order valence-electron chi connectivity index (χ4n) is 1.41. The van der Waals surface area contributed by atoms with Gasteiger partial charge in [0, 0.05) is 30.4 Å². The van der Waals surface area contributed by atoms with Crippen LogP contribution in [0.15, 0.2) is 6.20 Å². The summed E-state index contributed by atoms with van der Waals surface area (Å²) in [6.07, 6.45) is -3.46. The Bertz CT molecular complexity index is 396. The topological polar surface area (TPSA) is 47.0 Å². The Hall–Kier alpha value is -1.37. The number of halogens is 3. The minimum absolute atomic E-state index is 0.0362. The molecule has 0 aromatic carbocycles. The van der Waals surface area contributed by atoms with Crippen LogP contribution in [0.5, 0.6) is 6.01 Å². The van der Waals surface area contributed by atoms with E-state index in [-0.39, 0.29) is 19.0 Å². The van der Waals surface area contributed by atoms with Crippen LogP contribution in [-0.4, -0.2) is 29.3 Å². The number of ether oxygens (including phenoxy) is 1. The lowest BCUT2D eigenvalue weighted by molar-refractivity contribution is -0.136. The lowest BCUT2D eigenvalue weighted by Crippen LogP contribution is -2.14. The summed E-state index contributed by atoms with van der Waals surface area (Å²) < 4.78 is 40.9. The van der Waals surface area contributed by atoms with Gasteiger partial charge in [-0.1, -0.05) is 6.92 Å². The third-order valence-electron chi connectivity index (χ3n) is 2.46. The fraction of sp³-hybridized carbons (Fsp3) is 0.667. The third-order valence-corrected chi connectivity index (χ3v) is 2.46. The summed E-state index contributed by atoms with van der Waals surface area (Å²) >= 11 is 0. The first-order valence-electron chi connectivity index (χ1n) is 6.15. The van der Waals surface area contributed by atoms with Gasteiger partial charge in [0.1, 0.15) is 0 Å². The number of nitrogens with one attached hydrogen (secondary N) is 1. The normalized spacial score (nSPS) is 11.6. The van der Waals surface area contributed by atoms with Crippen molar-refractivity contribution in [3.05, 3.63) is 17.5 Å². The Kier molecular flexibility index (Phi) is 6.01. The molecule has 0 saturated heterocycles. The van der Waals surface area contributed by atoms with E-state index in [1.165, 1.54) is 0 Å². The van der Waals surface area contributed by atoms with Gasteiger partial charge in [0.2, 0.25) is 0 Å². The maximum atomic E-state index is 11.9. The summed E-state index contributed by atoms with van der Waals surface area (Å²) in [7, 11) is 0. The molecule has 108 valence electrons. The van der Waals surface area contributed by atoms with Crippen LogP contribution >= 0.6 is 0 Å². The van der Waals surface area contributed by atoms with Crippen molar-refractivity contribution in [2.24, 2.45) is 0 Å². The van der Waals surface area contributed by atoms with Gasteiger partial charge in [0.05, 0.1) is 6.61 Å². The summed E-state index contributed by atoms with van der Waals surface area (Å²) in [5.41, 5.74) is 1.71. The number of hydrogen-bond acceptors (Lipinski definition) is 4. The summed E-state index contributed by atoms with van der Waals surface area (Å²) in [6.45, 7) is 5.28. The molecule has 1 aromatic heterocycles. The highest BCUT2D eigenvalue weighted by atomic mass is 19.4. The van der Waals surface area contributed by atoms with Crippen molar-refractivity contribution in [3.63, 3.8) is 0 Å². The van der Waals surface area contributed by atoms with Crippen LogP contribution in [0.2, 0.25) is 0 Å². The summed E-state index contributed by atoms with van der Waals surface area (Å²) in [6, 6.07) is 0.125. The molecule has 0 unspecified atom stereocenters.